The summed E-state index contributed by atoms with van der Waals surface area (Å²) in [4.78, 5) is 15.3. The Labute approximate surface area is 179 Å². The maximum absolute atomic E-state index is 12.9. The molecule has 0 radical (unpaired) electrons. The molecular weight excluding hydrogens is 398 g/mol. The van der Waals surface area contributed by atoms with E-state index in [0.29, 0.717) is 11.6 Å². The largest absolute Gasteiger partial charge is 0.322 e. The summed E-state index contributed by atoms with van der Waals surface area (Å²) in [7, 11) is 1.49. The normalized spacial score (nSPS) is 15.5. The van der Waals surface area contributed by atoms with E-state index in [0.717, 1.165) is 22.1 Å². The number of rotatable bonds is 7. The molecule has 2 aromatic rings. The van der Waals surface area contributed by atoms with Gasteiger partial charge in [0.25, 0.3) is 5.91 Å². The predicted molar refractivity (Wildman–Crippen MR) is 120 cm³/mol. The molecule has 7 heteroatoms. The maximum atomic E-state index is 12.9. The molecule has 3 rings (SSSR count). The molecule has 2 aromatic carbocycles. The van der Waals surface area contributed by atoms with Gasteiger partial charge in [-0.15, -0.1) is 0 Å². The number of nitrogens with zero attached hydrogens (tertiary/aromatic N) is 2. The van der Waals surface area contributed by atoms with E-state index in [1.807, 2.05) is 24.3 Å². The Morgan fingerprint density at radius 3 is 2.40 bits per heavy atom. The molecule has 0 saturated heterocycles. The second-order valence-electron chi connectivity index (χ2n) is 8.13. The van der Waals surface area contributed by atoms with Crippen molar-refractivity contribution in [2.75, 3.05) is 26.5 Å². The Bertz CT molecular complexity index is 983. The summed E-state index contributed by atoms with van der Waals surface area (Å²) >= 11 is 0. The minimum Gasteiger partial charge on any atom is -0.322 e. The van der Waals surface area contributed by atoms with Crippen LogP contribution in [0.4, 0.5) is 5.69 Å². The van der Waals surface area contributed by atoms with Crippen molar-refractivity contribution in [2.45, 2.75) is 49.6 Å². The SMILES string of the molecule is CN(Cc1ccccc1NC(=O)c1cccc(S(=O)(=O)N(C)C)c1)C1CCCCC1. The molecule has 0 bridgehead atoms. The molecule has 162 valence electrons. The van der Waals surface area contributed by atoms with E-state index in [1.54, 1.807) is 12.1 Å². The van der Waals surface area contributed by atoms with Crippen LogP contribution in [0, 0.1) is 0 Å². The first kappa shape index (κ1) is 22.5. The number of sulfonamides is 1. The fourth-order valence-electron chi connectivity index (χ4n) is 3.90. The van der Waals surface area contributed by atoms with Crippen molar-refractivity contribution in [1.82, 2.24) is 9.21 Å². The van der Waals surface area contributed by atoms with Crippen LogP contribution >= 0.6 is 0 Å². The monoisotopic (exact) mass is 429 g/mol. The predicted octanol–water partition coefficient (Wildman–Crippen LogP) is 3.95. The molecule has 0 atom stereocenters. The summed E-state index contributed by atoms with van der Waals surface area (Å²) in [5, 5.41) is 2.97. The Morgan fingerprint density at radius 2 is 1.70 bits per heavy atom. The number of para-hydroxylation sites is 1. The summed E-state index contributed by atoms with van der Waals surface area (Å²) in [6, 6.07) is 14.5. The third-order valence-corrected chi connectivity index (χ3v) is 7.57. The molecule has 1 fully saturated rings. The molecule has 0 heterocycles. The highest BCUT2D eigenvalue weighted by Crippen LogP contribution is 2.25. The van der Waals surface area contributed by atoms with Crippen molar-refractivity contribution in [1.29, 1.82) is 0 Å². The number of carbonyl (C=O) groups is 1. The van der Waals surface area contributed by atoms with Gasteiger partial charge < -0.3 is 5.32 Å². The lowest BCUT2D eigenvalue weighted by atomic mass is 9.94. The summed E-state index contributed by atoms with van der Waals surface area (Å²) in [5.74, 6) is -0.321. The summed E-state index contributed by atoms with van der Waals surface area (Å²) < 4.78 is 25.9. The van der Waals surface area contributed by atoms with E-state index in [1.165, 1.54) is 58.3 Å². The van der Waals surface area contributed by atoms with Crippen LogP contribution in [-0.2, 0) is 16.6 Å². The molecule has 0 spiro atoms. The first-order valence-electron chi connectivity index (χ1n) is 10.4. The van der Waals surface area contributed by atoms with Crippen LogP contribution in [-0.4, -0.2) is 50.7 Å². The minimum atomic E-state index is -3.60. The number of amides is 1. The molecular formula is C23H31N3O3S. The Balaban J connectivity index is 1.76. The molecule has 30 heavy (non-hydrogen) atoms. The molecule has 1 aliphatic carbocycles. The quantitative estimate of drug-likeness (QED) is 0.723. The van der Waals surface area contributed by atoms with Crippen molar-refractivity contribution in [3.63, 3.8) is 0 Å². The smallest absolute Gasteiger partial charge is 0.255 e. The van der Waals surface area contributed by atoms with Gasteiger partial charge in [0, 0.05) is 37.9 Å². The van der Waals surface area contributed by atoms with Gasteiger partial charge >= 0.3 is 0 Å². The number of anilines is 1. The maximum Gasteiger partial charge on any atom is 0.255 e. The van der Waals surface area contributed by atoms with Crippen LogP contribution in [0.5, 0.6) is 0 Å². The zero-order valence-electron chi connectivity index (χ0n) is 18.0. The highest BCUT2D eigenvalue weighted by molar-refractivity contribution is 7.89. The number of benzene rings is 2. The van der Waals surface area contributed by atoms with Crippen LogP contribution in [0.3, 0.4) is 0 Å². The van der Waals surface area contributed by atoms with E-state index in [4.69, 9.17) is 0 Å². The van der Waals surface area contributed by atoms with Gasteiger partial charge in [0.1, 0.15) is 0 Å². The highest BCUT2D eigenvalue weighted by Gasteiger charge is 2.21. The summed E-state index contributed by atoms with van der Waals surface area (Å²) in [6.07, 6.45) is 6.31. The average molecular weight is 430 g/mol. The molecule has 0 aliphatic heterocycles. The fraction of sp³-hybridized carbons (Fsp3) is 0.435. The van der Waals surface area contributed by atoms with Crippen molar-refractivity contribution in [2.24, 2.45) is 0 Å². The van der Waals surface area contributed by atoms with E-state index in [2.05, 4.69) is 17.3 Å². The third kappa shape index (κ3) is 5.28. The van der Waals surface area contributed by atoms with Gasteiger partial charge in [-0.25, -0.2) is 12.7 Å². The van der Waals surface area contributed by atoms with E-state index in [-0.39, 0.29) is 10.8 Å². The molecule has 1 amide bonds. The Hall–Kier alpha value is -2.22. The molecule has 0 unspecified atom stereocenters. The van der Waals surface area contributed by atoms with Crippen LogP contribution in [0.2, 0.25) is 0 Å². The van der Waals surface area contributed by atoms with Crippen LogP contribution in [0.15, 0.2) is 53.4 Å². The van der Waals surface area contributed by atoms with Gasteiger partial charge in [0.2, 0.25) is 10.0 Å². The molecule has 1 aliphatic rings. The summed E-state index contributed by atoms with van der Waals surface area (Å²) in [6.45, 7) is 0.760. The third-order valence-electron chi connectivity index (χ3n) is 5.76. The number of nitrogens with one attached hydrogen (secondary N) is 1. The fourth-order valence-corrected chi connectivity index (χ4v) is 4.85. The second kappa shape index (κ2) is 9.73. The highest BCUT2D eigenvalue weighted by atomic mass is 32.2. The van der Waals surface area contributed by atoms with E-state index >= 15 is 0 Å². The second-order valence-corrected chi connectivity index (χ2v) is 10.3. The first-order valence-corrected chi connectivity index (χ1v) is 11.8. The standard InChI is InChI=1S/C23H31N3O3S/c1-25(2)30(28,29)21-14-9-11-18(16-21)23(27)24-22-15-8-7-10-19(22)17-26(3)20-12-5-4-6-13-20/h7-11,14-16,20H,4-6,12-13,17H2,1-3H3,(H,24,27). The van der Waals surface area contributed by atoms with Crippen LogP contribution < -0.4 is 5.32 Å². The lowest BCUT2D eigenvalue weighted by Crippen LogP contribution is -2.33. The van der Waals surface area contributed by atoms with Gasteiger partial charge in [0.05, 0.1) is 4.90 Å². The van der Waals surface area contributed by atoms with E-state index < -0.39 is 10.0 Å². The van der Waals surface area contributed by atoms with Crippen molar-refractivity contribution in [3.05, 3.63) is 59.7 Å². The van der Waals surface area contributed by atoms with Gasteiger partial charge in [-0.1, -0.05) is 43.5 Å². The first-order chi connectivity index (χ1) is 14.3. The van der Waals surface area contributed by atoms with Crippen LogP contribution in [0.1, 0.15) is 48.0 Å². The molecule has 6 nitrogen and oxygen atoms in total. The van der Waals surface area contributed by atoms with Crippen molar-refractivity contribution >= 4 is 21.6 Å². The molecule has 1 N–H and O–H groups in total. The van der Waals surface area contributed by atoms with Gasteiger partial charge in [-0.2, -0.15) is 0 Å². The van der Waals surface area contributed by atoms with Crippen LogP contribution in [0.25, 0.3) is 0 Å². The number of hydrogen-bond donors (Lipinski definition) is 1. The average Bonchev–Trinajstić information content (AvgIpc) is 2.75. The number of hydrogen-bond acceptors (Lipinski definition) is 4. The van der Waals surface area contributed by atoms with Gasteiger partial charge in [0.15, 0.2) is 0 Å². The zero-order valence-corrected chi connectivity index (χ0v) is 18.8. The number of carbonyl (C=O) groups excluding carboxylic acids is 1. The van der Waals surface area contributed by atoms with Gasteiger partial charge in [-0.3, -0.25) is 9.69 Å². The Morgan fingerprint density at radius 1 is 1.00 bits per heavy atom. The van der Waals surface area contributed by atoms with Crippen molar-refractivity contribution < 1.29 is 13.2 Å². The lowest BCUT2D eigenvalue weighted by Gasteiger charge is -2.31. The Kier molecular flexibility index (Phi) is 7.28. The molecule has 1 saturated carbocycles. The van der Waals surface area contributed by atoms with Crippen molar-refractivity contribution in [3.8, 4) is 0 Å². The minimum absolute atomic E-state index is 0.102. The van der Waals surface area contributed by atoms with Gasteiger partial charge in [-0.05, 0) is 49.7 Å². The summed E-state index contributed by atoms with van der Waals surface area (Å²) in [5.41, 5.74) is 2.12. The topological polar surface area (TPSA) is 69.7 Å². The zero-order chi connectivity index (χ0) is 21.7. The molecule has 0 aromatic heterocycles. The van der Waals surface area contributed by atoms with E-state index in [9.17, 15) is 13.2 Å². The lowest BCUT2D eigenvalue weighted by molar-refractivity contribution is 0.102.